The van der Waals surface area contributed by atoms with Crippen LogP contribution in [0.4, 0.5) is 0 Å². The number of aromatic nitrogens is 2. The number of nitrogens with zero attached hydrogens (tertiary/aromatic N) is 3. The fourth-order valence-corrected chi connectivity index (χ4v) is 3.31. The van der Waals surface area contributed by atoms with Gasteiger partial charge in [0.1, 0.15) is 11.4 Å². The zero-order chi connectivity index (χ0) is 21.8. The standard InChI is InChI=1S/C23H37N5O.HI/c1-15-10-11-19(21(12-15)29-23(5,6)7)14-25-22(24-8)26-16(2)13-20-17(3)27-28(9)18(20)4;/h10-12,16H,13-14H2,1-9H3,(H2,24,25,26);1H. The van der Waals surface area contributed by atoms with E-state index in [2.05, 4.69) is 87.4 Å². The molecule has 0 radical (unpaired) electrons. The van der Waals surface area contributed by atoms with Crippen LogP contribution >= 0.6 is 24.0 Å². The topological polar surface area (TPSA) is 63.5 Å². The number of hydrogen-bond acceptors (Lipinski definition) is 3. The van der Waals surface area contributed by atoms with Crippen molar-refractivity contribution in [1.29, 1.82) is 0 Å². The Labute approximate surface area is 198 Å². The molecule has 2 N–H and O–H groups in total. The van der Waals surface area contributed by atoms with E-state index in [9.17, 15) is 0 Å². The molecule has 0 amide bonds. The summed E-state index contributed by atoms with van der Waals surface area (Å²) in [5.41, 5.74) is 5.65. The van der Waals surface area contributed by atoms with Crippen molar-refractivity contribution in [2.45, 2.75) is 73.1 Å². The first-order valence-electron chi connectivity index (χ1n) is 10.2. The predicted octanol–water partition coefficient (Wildman–Crippen LogP) is 4.44. The van der Waals surface area contributed by atoms with Gasteiger partial charge in [-0.2, -0.15) is 5.10 Å². The quantitative estimate of drug-likeness (QED) is 0.332. The highest BCUT2D eigenvalue weighted by Gasteiger charge is 2.16. The van der Waals surface area contributed by atoms with Gasteiger partial charge in [0.25, 0.3) is 0 Å². The third kappa shape index (κ3) is 7.49. The zero-order valence-corrected chi connectivity index (χ0v) is 22.2. The number of halogens is 1. The lowest BCUT2D eigenvalue weighted by atomic mass is 10.1. The van der Waals surface area contributed by atoms with Crippen LogP contribution in [0.25, 0.3) is 0 Å². The first-order chi connectivity index (χ1) is 13.5. The molecular weight excluding hydrogens is 489 g/mol. The van der Waals surface area contributed by atoms with Crippen molar-refractivity contribution in [3.05, 3.63) is 46.3 Å². The van der Waals surface area contributed by atoms with Crippen molar-refractivity contribution in [3.63, 3.8) is 0 Å². The van der Waals surface area contributed by atoms with E-state index in [1.807, 2.05) is 11.7 Å². The summed E-state index contributed by atoms with van der Waals surface area (Å²) in [6.07, 6.45) is 0.898. The van der Waals surface area contributed by atoms with Crippen LogP contribution in [0.3, 0.4) is 0 Å². The van der Waals surface area contributed by atoms with Crippen LogP contribution < -0.4 is 15.4 Å². The van der Waals surface area contributed by atoms with Gasteiger partial charge in [0.2, 0.25) is 0 Å². The van der Waals surface area contributed by atoms with Crippen LogP contribution in [0, 0.1) is 20.8 Å². The summed E-state index contributed by atoms with van der Waals surface area (Å²) in [5.74, 6) is 1.69. The van der Waals surface area contributed by atoms with Crippen LogP contribution in [0.15, 0.2) is 23.2 Å². The lowest BCUT2D eigenvalue weighted by molar-refractivity contribution is 0.129. The molecule has 2 rings (SSSR count). The molecule has 7 heteroatoms. The summed E-state index contributed by atoms with van der Waals surface area (Å²) in [6.45, 7) is 15.3. The normalized spacial score (nSPS) is 12.9. The Kier molecular flexibility index (Phi) is 9.65. The van der Waals surface area contributed by atoms with Gasteiger partial charge in [-0.15, -0.1) is 24.0 Å². The average molecular weight is 527 g/mol. The van der Waals surface area contributed by atoms with Crippen LogP contribution in [0.2, 0.25) is 0 Å². The number of benzene rings is 1. The monoisotopic (exact) mass is 527 g/mol. The lowest BCUT2D eigenvalue weighted by Crippen LogP contribution is -2.42. The van der Waals surface area contributed by atoms with E-state index < -0.39 is 0 Å². The Bertz CT molecular complexity index is 867. The third-order valence-electron chi connectivity index (χ3n) is 4.86. The van der Waals surface area contributed by atoms with Crippen molar-refractivity contribution in [3.8, 4) is 5.75 Å². The predicted molar refractivity (Wildman–Crippen MR) is 136 cm³/mol. The molecule has 0 aliphatic rings. The number of aliphatic imine (C=N–C) groups is 1. The Hall–Kier alpha value is -1.77. The summed E-state index contributed by atoms with van der Waals surface area (Å²) in [4.78, 5) is 4.39. The van der Waals surface area contributed by atoms with Crippen LogP contribution in [-0.4, -0.2) is 34.4 Å². The van der Waals surface area contributed by atoms with Crippen LogP contribution in [0.1, 0.15) is 55.8 Å². The summed E-state index contributed by atoms with van der Waals surface area (Å²) in [5, 5.41) is 11.4. The molecule has 0 bridgehead atoms. The minimum atomic E-state index is -0.240. The van der Waals surface area contributed by atoms with Crippen molar-refractivity contribution in [2.24, 2.45) is 12.0 Å². The second-order valence-corrected chi connectivity index (χ2v) is 8.77. The van der Waals surface area contributed by atoms with Gasteiger partial charge in [-0.3, -0.25) is 9.67 Å². The van der Waals surface area contributed by atoms with E-state index in [-0.39, 0.29) is 35.6 Å². The van der Waals surface area contributed by atoms with E-state index in [0.717, 1.165) is 29.4 Å². The van der Waals surface area contributed by atoms with Crippen molar-refractivity contribution < 1.29 is 4.74 Å². The van der Waals surface area contributed by atoms with Crippen molar-refractivity contribution in [2.75, 3.05) is 7.05 Å². The lowest BCUT2D eigenvalue weighted by Gasteiger charge is -2.24. The summed E-state index contributed by atoms with van der Waals surface area (Å²) >= 11 is 0. The smallest absolute Gasteiger partial charge is 0.191 e. The molecule has 1 unspecified atom stereocenters. The van der Waals surface area contributed by atoms with Crippen LogP contribution in [0.5, 0.6) is 5.75 Å². The van der Waals surface area contributed by atoms with E-state index >= 15 is 0 Å². The average Bonchev–Trinajstić information content (AvgIpc) is 2.84. The Morgan fingerprint density at radius 1 is 1.23 bits per heavy atom. The Morgan fingerprint density at radius 2 is 1.90 bits per heavy atom. The largest absolute Gasteiger partial charge is 0.488 e. The Morgan fingerprint density at radius 3 is 2.43 bits per heavy atom. The summed E-state index contributed by atoms with van der Waals surface area (Å²) < 4.78 is 8.10. The van der Waals surface area contributed by atoms with Gasteiger partial charge in [-0.25, -0.2) is 0 Å². The molecule has 0 spiro atoms. The molecule has 6 nitrogen and oxygen atoms in total. The summed E-state index contributed by atoms with van der Waals surface area (Å²) in [7, 11) is 3.79. The fourth-order valence-electron chi connectivity index (χ4n) is 3.31. The number of guanidine groups is 1. The van der Waals surface area contributed by atoms with Crippen LogP contribution in [-0.2, 0) is 20.0 Å². The minimum Gasteiger partial charge on any atom is -0.488 e. The fraction of sp³-hybridized carbons (Fsp3) is 0.565. The molecule has 1 aromatic carbocycles. The van der Waals surface area contributed by atoms with E-state index in [1.54, 1.807) is 7.05 Å². The number of aryl methyl sites for hydroxylation is 3. The molecule has 0 aliphatic heterocycles. The van der Waals surface area contributed by atoms with Gasteiger partial charge < -0.3 is 15.4 Å². The highest BCUT2D eigenvalue weighted by molar-refractivity contribution is 14.0. The van der Waals surface area contributed by atoms with Gasteiger partial charge in [-0.1, -0.05) is 12.1 Å². The number of nitrogens with one attached hydrogen (secondary N) is 2. The van der Waals surface area contributed by atoms with Gasteiger partial charge >= 0.3 is 0 Å². The van der Waals surface area contributed by atoms with Gasteiger partial charge in [0, 0.05) is 37.9 Å². The molecule has 0 aliphatic carbocycles. The maximum absolute atomic E-state index is 6.16. The molecule has 1 aromatic heterocycles. The number of hydrogen-bond donors (Lipinski definition) is 2. The second kappa shape index (κ2) is 11.0. The molecule has 168 valence electrons. The first kappa shape index (κ1) is 26.3. The van der Waals surface area contributed by atoms with Gasteiger partial charge in [0.05, 0.1) is 5.69 Å². The minimum absolute atomic E-state index is 0. The highest BCUT2D eigenvalue weighted by atomic mass is 127. The number of ether oxygens (including phenoxy) is 1. The molecular formula is C23H38IN5O. The molecule has 0 saturated carbocycles. The van der Waals surface area contributed by atoms with E-state index in [4.69, 9.17) is 4.74 Å². The second-order valence-electron chi connectivity index (χ2n) is 8.77. The molecule has 30 heavy (non-hydrogen) atoms. The van der Waals surface area contributed by atoms with Gasteiger partial charge in [-0.05, 0) is 72.1 Å². The van der Waals surface area contributed by atoms with Gasteiger partial charge in [0.15, 0.2) is 5.96 Å². The highest BCUT2D eigenvalue weighted by Crippen LogP contribution is 2.24. The maximum Gasteiger partial charge on any atom is 0.191 e. The Balaban J connectivity index is 0.00000450. The van der Waals surface area contributed by atoms with E-state index in [0.29, 0.717) is 6.54 Å². The molecule has 0 saturated heterocycles. The number of rotatable bonds is 6. The molecule has 0 fully saturated rings. The maximum atomic E-state index is 6.16. The van der Waals surface area contributed by atoms with Crippen molar-refractivity contribution in [1.82, 2.24) is 20.4 Å². The summed E-state index contributed by atoms with van der Waals surface area (Å²) in [6, 6.07) is 6.54. The van der Waals surface area contributed by atoms with E-state index in [1.165, 1.54) is 16.8 Å². The molecule has 2 aromatic rings. The first-order valence-corrected chi connectivity index (χ1v) is 10.2. The molecule has 1 heterocycles. The third-order valence-corrected chi connectivity index (χ3v) is 4.86. The zero-order valence-electron chi connectivity index (χ0n) is 19.9. The molecule has 1 atom stereocenters. The van der Waals surface area contributed by atoms with Crippen molar-refractivity contribution >= 4 is 29.9 Å². The SMILES string of the molecule is CN=C(NCc1ccc(C)cc1OC(C)(C)C)NC(C)Cc1c(C)nn(C)c1C.I.